The molecule has 3 heteroatoms. The number of rotatable bonds is 2. The van der Waals surface area contributed by atoms with E-state index < -0.39 is 13.3 Å². The SMILES string of the molecule is CN1CCC(C(C)(O)[Si](C)(C)C)C1. The largest absolute Gasteiger partial charge is 0.393 e. The van der Waals surface area contributed by atoms with Gasteiger partial charge < -0.3 is 10.0 Å². The summed E-state index contributed by atoms with van der Waals surface area (Å²) < 4.78 is 0. The smallest absolute Gasteiger partial charge is 0.0821 e. The van der Waals surface area contributed by atoms with Crippen LogP contribution in [0.5, 0.6) is 0 Å². The molecule has 78 valence electrons. The second-order valence-electron chi connectivity index (χ2n) is 5.65. The fourth-order valence-corrected chi connectivity index (χ4v) is 3.47. The van der Waals surface area contributed by atoms with E-state index in [4.69, 9.17) is 0 Å². The molecule has 2 unspecified atom stereocenters. The van der Waals surface area contributed by atoms with Crippen molar-refractivity contribution in [3.63, 3.8) is 0 Å². The Bertz CT molecular complexity index is 186. The van der Waals surface area contributed by atoms with Gasteiger partial charge in [0.05, 0.1) is 13.3 Å². The molecule has 1 aliphatic heterocycles. The minimum Gasteiger partial charge on any atom is -0.393 e. The molecule has 0 aromatic heterocycles. The monoisotopic (exact) mass is 201 g/mol. The number of hydrogen-bond donors (Lipinski definition) is 1. The van der Waals surface area contributed by atoms with Crippen LogP contribution in [-0.2, 0) is 0 Å². The van der Waals surface area contributed by atoms with Gasteiger partial charge in [0, 0.05) is 6.54 Å². The van der Waals surface area contributed by atoms with E-state index in [1.54, 1.807) is 0 Å². The Morgan fingerprint density at radius 3 is 2.23 bits per heavy atom. The van der Waals surface area contributed by atoms with Gasteiger partial charge in [0.15, 0.2) is 0 Å². The summed E-state index contributed by atoms with van der Waals surface area (Å²) in [5.74, 6) is 0.490. The van der Waals surface area contributed by atoms with E-state index in [9.17, 15) is 5.11 Å². The predicted molar refractivity (Wildman–Crippen MR) is 59.6 cm³/mol. The van der Waals surface area contributed by atoms with Crippen molar-refractivity contribution < 1.29 is 5.11 Å². The summed E-state index contributed by atoms with van der Waals surface area (Å²) in [4.78, 5) is 2.32. The highest BCUT2D eigenvalue weighted by Crippen LogP contribution is 2.33. The van der Waals surface area contributed by atoms with Gasteiger partial charge in [0.2, 0.25) is 0 Å². The van der Waals surface area contributed by atoms with Crippen molar-refractivity contribution in [1.29, 1.82) is 0 Å². The van der Waals surface area contributed by atoms with Crippen molar-refractivity contribution in [2.75, 3.05) is 20.1 Å². The van der Waals surface area contributed by atoms with Gasteiger partial charge in [-0.3, -0.25) is 0 Å². The van der Waals surface area contributed by atoms with Gasteiger partial charge in [-0.15, -0.1) is 0 Å². The van der Waals surface area contributed by atoms with Gasteiger partial charge in [-0.1, -0.05) is 19.6 Å². The first-order chi connectivity index (χ1) is 5.75. The van der Waals surface area contributed by atoms with E-state index in [1.807, 2.05) is 6.92 Å². The van der Waals surface area contributed by atoms with Crippen LogP contribution in [0.1, 0.15) is 13.3 Å². The molecule has 0 amide bonds. The van der Waals surface area contributed by atoms with Crippen molar-refractivity contribution in [2.24, 2.45) is 5.92 Å². The van der Waals surface area contributed by atoms with E-state index in [0.717, 1.165) is 19.5 Å². The fourth-order valence-electron chi connectivity index (χ4n) is 2.01. The summed E-state index contributed by atoms with van der Waals surface area (Å²) in [7, 11) is 0.689. The van der Waals surface area contributed by atoms with Crippen LogP contribution >= 0.6 is 0 Å². The molecule has 1 rings (SSSR count). The highest BCUT2D eigenvalue weighted by Gasteiger charge is 2.45. The van der Waals surface area contributed by atoms with Crippen LogP contribution in [0.25, 0.3) is 0 Å². The molecule has 0 spiro atoms. The molecular weight excluding hydrogens is 178 g/mol. The summed E-state index contributed by atoms with van der Waals surface area (Å²) in [5, 5.41) is 10.1. The molecule has 1 heterocycles. The Kier molecular flexibility index (Phi) is 2.91. The summed E-state index contributed by atoms with van der Waals surface area (Å²) in [6, 6.07) is 0. The van der Waals surface area contributed by atoms with E-state index >= 15 is 0 Å². The lowest BCUT2D eigenvalue weighted by molar-refractivity contribution is 0.0735. The topological polar surface area (TPSA) is 23.5 Å². The van der Waals surface area contributed by atoms with Crippen molar-refractivity contribution >= 4 is 8.07 Å². The summed E-state index contributed by atoms with van der Waals surface area (Å²) in [6.07, 6.45) is 1.16. The first-order valence-electron chi connectivity index (χ1n) is 5.16. The molecular formula is C10H23NOSi. The number of hydrogen-bond acceptors (Lipinski definition) is 2. The first kappa shape index (κ1) is 11.2. The molecule has 1 aliphatic rings. The van der Waals surface area contributed by atoms with E-state index in [-0.39, 0.29) is 0 Å². The molecule has 1 N–H and O–H groups in total. The van der Waals surface area contributed by atoms with Gasteiger partial charge in [0.25, 0.3) is 0 Å². The lowest BCUT2D eigenvalue weighted by Crippen LogP contribution is -2.55. The molecule has 0 bridgehead atoms. The molecule has 2 nitrogen and oxygen atoms in total. The molecule has 0 saturated carbocycles. The van der Waals surface area contributed by atoms with Crippen molar-refractivity contribution in [3.8, 4) is 0 Å². The molecule has 0 radical (unpaired) electrons. The van der Waals surface area contributed by atoms with Crippen molar-refractivity contribution in [3.05, 3.63) is 0 Å². The maximum atomic E-state index is 10.5. The molecule has 1 saturated heterocycles. The van der Waals surface area contributed by atoms with E-state index in [2.05, 4.69) is 31.6 Å². The average molecular weight is 201 g/mol. The third kappa shape index (κ3) is 2.14. The summed E-state index contributed by atoms with van der Waals surface area (Å²) in [6.45, 7) is 11.0. The number of aliphatic hydroxyl groups is 1. The highest BCUT2D eigenvalue weighted by atomic mass is 28.3. The number of nitrogens with zero attached hydrogens (tertiary/aromatic N) is 1. The van der Waals surface area contributed by atoms with Crippen molar-refractivity contribution in [2.45, 2.75) is 38.2 Å². The second-order valence-corrected chi connectivity index (χ2v) is 11.2. The molecule has 13 heavy (non-hydrogen) atoms. The van der Waals surface area contributed by atoms with Crippen LogP contribution in [0.4, 0.5) is 0 Å². The minimum absolute atomic E-state index is 0.405. The summed E-state index contributed by atoms with van der Waals surface area (Å²) in [5.41, 5.74) is 0. The zero-order valence-electron chi connectivity index (χ0n) is 9.59. The minimum atomic E-state index is -1.45. The molecule has 0 aromatic rings. The quantitative estimate of drug-likeness (QED) is 0.686. The van der Waals surface area contributed by atoms with Gasteiger partial charge in [-0.05, 0) is 32.9 Å². The average Bonchev–Trinajstić information content (AvgIpc) is 2.33. The maximum Gasteiger partial charge on any atom is 0.0821 e. The first-order valence-corrected chi connectivity index (χ1v) is 8.66. The normalized spacial score (nSPS) is 30.5. The molecule has 1 fully saturated rings. The Morgan fingerprint density at radius 1 is 1.38 bits per heavy atom. The van der Waals surface area contributed by atoms with Gasteiger partial charge in [0.1, 0.15) is 0 Å². The Morgan fingerprint density at radius 2 is 1.92 bits per heavy atom. The van der Waals surface area contributed by atoms with Gasteiger partial charge >= 0.3 is 0 Å². The van der Waals surface area contributed by atoms with Crippen LogP contribution in [0.3, 0.4) is 0 Å². The van der Waals surface area contributed by atoms with Gasteiger partial charge in [-0.2, -0.15) is 0 Å². The third-order valence-corrected chi connectivity index (χ3v) is 7.15. The maximum absolute atomic E-state index is 10.5. The standard InChI is InChI=1S/C10H23NOSi/c1-10(12,13(3,4)5)9-6-7-11(2)8-9/h9,12H,6-8H2,1-5H3. The van der Waals surface area contributed by atoms with Crippen LogP contribution in [-0.4, -0.2) is 43.4 Å². The Balaban J connectivity index is 2.70. The third-order valence-electron chi connectivity index (χ3n) is 3.70. The highest BCUT2D eigenvalue weighted by molar-refractivity contribution is 6.78. The Labute approximate surface area is 83.0 Å². The second kappa shape index (κ2) is 3.37. The lowest BCUT2D eigenvalue weighted by atomic mass is 10.0. The van der Waals surface area contributed by atoms with Crippen LogP contribution in [0, 0.1) is 5.92 Å². The van der Waals surface area contributed by atoms with Gasteiger partial charge in [-0.25, -0.2) is 0 Å². The summed E-state index contributed by atoms with van der Waals surface area (Å²) >= 11 is 0. The number of likely N-dealkylation sites (tertiary alicyclic amines) is 1. The zero-order valence-corrected chi connectivity index (χ0v) is 10.6. The van der Waals surface area contributed by atoms with Crippen LogP contribution < -0.4 is 0 Å². The van der Waals surface area contributed by atoms with E-state index in [0.29, 0.717) is 5.92 Å². The van der Waals surface area contributed by atoms with Crippen molar-refractivity contribution in [1.82, 2.24) is 4.90 Å². The predicted octanol–water partition coefficient (Wildman–Crippen LogP) is 1.57. The van der Waals surface area contributed by atoms with E-state index in [1.165, 1.54) is 0 Å². The molecule has 2 atom stereocenters. The molecule has 0 aliphatic carbocycles. The Hall–Kier alpha value is 0.137. The van der Waals surface area contributed by atoms with Crippen LogP contribution in [0.2, 0.25) is 19.6 Å². The van der Waals surface area contributed by atoms with Crippen LogP contribution in [0.15, 0.2) is 0 Å². The lowest BCUT2D eigenvalue weighted by Gasteiger charge is -2.40. The molecule has 0 aromatic carbocycles. The fraction of sp³-hybridized carbons (Fsp3) is 1.00. The zero-order chi connectivity index (χ0) is 10.3.